The quantitative estimate of drug-likeness (QED) is 0.408. The van der Waals surface area contributed by atoms with Crippen molar-refractivity contribution in [1.29, 1.82) is 0 Å². The summed E-state index contributed by atoms with van der Waals surface area (Å²) in [4.78, 5) is 12.2. The van der Waals surface area contributed by atoms with Crippen molar-refractivity contribution >= 4 is 28.2 Å². The molecular weight excluding hydrogens is 270 g/mol. The minimum absolute atomic E-state index is 0.0489. The molecule has 3 heteroatoms. The number of carbonyl (C=O) groups excluding carboxylic acids is 1. The molecule has 20 heavy (non-hydrogen) atoms. The fourth-order valence-electron chi connectivity index (χ4n) is 2.21. The highest BCUT2D eigenvalue weighted by Gasteiger charge is 2.17. The normalized spacial score (nSPS) is 10.7. The zero-order valence-corrected chi connectivity index (χ0v) is 11.5. The van der Waals surface area contributed by atoms with Crippen LogP contribution in [0.25, 0.3) is 10.8 Å². The number of hydrogen-bond donors (Lipinski definition) is 0. The van der Waals surface area contributed by atoms with Crippen LogP contribution in [0.3, 0.4) is 0 Å². The highest BCUT2D eigenvalue weighted by molar-refractivity contribution is 6.33. The van der Waals surface area contributed by atoms with E-state index in [0.717, 1.165) is 10.8 Å². The fraction of sp³-hybridized carbons (Fsp3) is 0.0588. The molecule has 2 nitrogen and oxygen atoms in total. The van der Waals surface area contributed by atoms with Crippen LogP contribution in [0.15, 0.2) is 66.9 Å². The third-order valence-electron chi connectivity index (χ3n) is 3.28. The molecule has 0 saturated heterocycles. The standard InChI is InChI=1S/C17H13ClNO/c18-17-15-9-5-4-6-13(15)10-11-19(17)12-16(20)14-7-2-1-3-8-14/h1-11H,12H2/q+1. The first-order valence-corrected chi connectivity index (χ1v) is 6.78. The number of halogens is 1. The zero-order valence-electron chi connectivity index (χ0n) is 10.8. The summed E-state index contributed by atoms with van der Waals surface area (Å²) in [5.74, 6) is 0.0489. The van der Waals surface area contributed by atoms with Crippen molar-refractivity contribution in [3.63, 3.8) is 0 Å². The molecule has 0 fully saturated rings. The molecular formula is C17H13ClNO+. The van der Waals surface area contributed by atoms with Gasteiger partial charge in [-0.1, -0.05) is 48.5 Å². The molecule has 0 amide bonds. The van der Waals surface area contributed by atoms with E-state index >= 15 is 0 Å². The number of hydrogen-bond acceptors (Lipinski definition) is 1. The average molecular weight is 283 g/mol. The highest BCUT2D eigenvalue weighted by atomic mass is 35.5. The lowest BCUT2D eigenvalue weighted by molar-refractivity contribution is -0.679. The first kappa shape index (κ1) is 12.8. The molecule has 0 N–H and O–H groups in total. The molecule has 0 atom stereocenters. The van der Waals surface area contributed by atoms with Gasteiger partial charge in [-0.15, -0.1) is 0 Å². The van der Waals surface area contributed by atoms with Gasteiger partial charge in [0.05, 0.1) is 5.39 Å². The summed E-state index contributed by atoms with van der Waals surface area (Å²) in [6.45, 7) is 0.244. The average Bonchev–Trinajstić information content (AvgIpc) is 2.51. The van der Waals surface area contributed by atoms with Crippen molar-refractivity contribution in [2.24, 2.45) is 0 Å². The molecule has 0 aliphatic heterocycles. The molecule has 1 aromatic heterocycles. The van der Waals surface area contributed by atoms with Crippen molar-refractivity contribution in [3.8, 4) is 0 Å². The Morgan fingerprint density at radius 3 is 2.45 bits per heavy atom. The number of pyridine rings is 1. The van der Waals surface area contributed by atoms with Crippen LogP contribution in [0.5, 0.6) is 0 Å². The van der Waals surface area contributed by atoms with Gasteiger partial charge in [-0.05, 0) is 23.1 Å². The van der Waals surface area contributed by atoms with Gasteiger partial charge in [0.1, 0.15) is 0 Å². The fourth-order valence-corrected chi connectivity index (χ4v) is 2.50. The maximum atomic E-state index is 12.2. The predicted octanol–water partition coefficient (Wildman–Crippen LogP) is 3.66. The number of rotatable bonds is 3. The predicted molar refractivity (Wildman–Crippen MR) is 79.9 cm³/mol. The first-order chi connectivity index (χ1) is 9.75. The van der Waals surface area contributed by atoms with Gasteiger partial charge in [-0.3, -0.25) is 4.79 Å². The molecule has 0 bridgehead atoms. The molecule has 0 saturated carbocycles. The number of nitrogens with zero attached hydrogens (tertiary/aromatic N) is 1. The van der Waals surface area contributed by atoms with E-state index in [-0.39, 0.29) is 12.3 Å². The maximum Gasteiger partial charge on any atom is 0.283 e. The number of carbonyl (C=O) groups is 1. The van der Waals surface area contributed by atoms with Gasteiger partial charge in [0.15, 0.2) is 6.20 Å². The molecule has 3 aromatic rings. The van der Waals surface area contributed by atoms with Crippen LogP contribution in [0.1, 0.15) is 10.4 Å². The lowest BCUT2D eigenvalue weighted by atomic mass is 10.1. The van der Waals surface area contributed by atoms with E-state index in [1.807, 2.05) is 66.9 Å². The number of Topliss-reactive ketones (excluding diaryl/α,β-unsaturated/α-hetero) is 1. The van der Waals surface area contributed by atoms with E-state index in [0.29, 0.717) is 10.7 Å². The summed E-state index contributed by atoms with van der Waals surface area (Å²) in [5, 5.41) is 2.62. The van der Waals surface area contributed by atoms with Gasteiger partial charge in [-0.25, -0.2) is 0 Å². The molecule has 1 heterocycles. The summed E-state index contributed by atoms with van der Waals surface area (Å²) in [5.41, 5.74) is 0.698. The van der Waals surface area contributed by atoms with Crippen LogP contribution in [0, 0.1) is 0 Å². The Morgan fingerprint density at radius 2 is 1.65 bits per heavy atom. The highest BCUT2D eigenvalue weighted by Crippen LogP contribution is 2.19. The van der Waals surface area contributed by atoms with Gasteiger partial charge in [0, 0.05) is 11.6 Å². The molecule has 3 rings (SSSR count). The van der Waals surface area contributed by atoms with Gasteiger partial charge < -0.3 is 0 Å². The first-order valence-electron chi connectivity index (χ1n) is 6.40. The second kappa shape index (κ2) is 5.43. The van der Waals surface area contributed by atoms with E-state index in [9.17, 15) is 4.79 Å². The summed E-state index contributed by atoms with van der Waals surface area (Å²) in [6, 6.07) is 19.1. The lowest BCUT2D eigenvalue weighted by Gasteiger charge is -2.02. The van der Waals surface area contributed by atoms with Crippen molar-refractivity contribution in [1.82, 2.24) is 0 Å². The Hall–Kier alpha value is -2.19. The van der Waals surface area contributed by atoms with Crippen molar-refractivity contribution in [2.45, 2.75) is 6.54 Å². The Labute approximate surface area is 122 Å². The number of ketones is 1. The Balaban J connectivity index is 1.95. The number of benzene rings is 2. The number of fused-ring (bicyclic) bond motifs is 1. The van der Waals surface area contributed by atoms with Gasteiger partial charge in [0.25, 0.3) is 5.15 Å². The van der Waals surface area contributed by atoms with Crippen LogP contribution in [-0.2, 0) is 6.54 Å². The number of aromatic nitrogens is 1. The summed E-state index contributed by atoms with van der Waals surface area (Å²) in [7, 11) is 0. The second-order valence-electron chi connectivity index (χ2n) is 4.61. The second-order valence-corrected chi connectivity index (χ2v) is 4.97. The van der Waals surface area contributed by atoms with Crippen molar-refractivity contribution in [2.75, 3.05) is 0 Å². The molecule has 0 aliphatic carbocycles. The van der Waals surface area contributed by atoms with E-state index in [2.05, 4.69) is 0 Å². The molecule has 2 aromatic carbocycles. The Kier molecular flexibility index (Phi) is 3.48. The van der Waals surface area contributed by atoms with Crippen LogP contribution >= 0.6 is 11.6 Å². The van der Waals surface area contributed by atoms with E-state index in [1.54, 1.807) is 4.57 Å². The largest absolute Gasteiger partial charge is 0.287 e. The molecule has 98 valence electrons. The van der Waals surface area contributed by atoms with E-state index < -0.39 is 0 Å². The van der Waals surface area contributed by atoms with Crippen LogP contribution < -0.4 is 4.57 Å². The summed E-state index contributed by atoms with van der Waals surface area (Å²) in [6.07, 6.45) is 1.85. The van der Waals surface area contributed by atoms with Gasteiger partial charge >= 0.3 is 0 Å². The maximum absolute atomic E-state index is 12.2. The Bertz CT molecular complexity index is 768. The minimum Gasteiger partial charge on any atom is -0.287 e. The van der Waals surface area contributed by atoms with E-state index in [4.69, 9.17) is 11.6 Å². The summed E-state index contributed by atoms with van der Waals surface area (Å²) < 4.78 is 1.78. The van der Waals surface area contributed by atoms with Crippen LogP contribution in [0.4, 0.5) is 0 Å². The third-order valence-corrected chi connectivity index (χ3v) is 3.70. The minimum atomic E-state index is 0.0489. The monoisotopic (exact) mass is 282 g/mol. The topological polar surface area (TPSA) is 20.9 Å². The van der Waals surface area contributed by atoms with Crippen molar-refractivity contribution < 1.29 is 9.36 Å². The lowest BCUT2D eigenvalue weighted by Crippen LogP contribution is -2.38. The summed E-state index contributed by atoms with van der Waals surface area (Å²) >= 11 is 6.38. The Morgan fingerprint density at radius 1 is 0.950 bits per heavy atom. The SMILES string of the molecule is O=C(C[n+]1ccc2ccccc2c1Cl)c1ccccc1. The van der Waals surface area contributed by atoms with Gasteiger partial charge in [-0.2, -0.15) is 4.57 Å². The van der Waals surface area contributed by atoms with Crippen LogP contribution in [0.2, 0.25) is 5.15 Å². The smallest absolute Gasteiger partial charge is 0.283 e. The zero-order chi connectivity index (χ0) is 13.9. The molecule has 0 spiro atoms. The molecule has 0 radical (unpaired) electrons. The van der Waals surface area contributed by atoms with Gasteiger partial charge in [0.2, 0.25) is 12.3 Å². The third kappa shape index (κ3) is 2.43. The molecule has 0 unspecified atom stereocenters. The van der Waals surface area contributed by atoms with Crippen LogP contribution in [-0.4, -0.2) is 5.78 Å². The van der Waals surface area contributed by atoms with E-state index in [1.165, 1.54) is 0 Å². The van der Waals surface area contributed by atoms with Crippen molar-refractivity contribution in [3.05, 3.63) is 77.6 Å². The molecule has 0 aliphatic rings.